The van der Waals surface area contributed by atoms with Crippen molar-refractivity contribution >= 4 is 45.6 Å². The Hall–Kier alpha value is -0.670. The highest BCUT2D eigenvalue weighted by Gasteiger charge is 2.47. The summed E-state index contributed by atoms with van der Waals surface area (Å²) < 4.78 is 5.33. The molecule has 128 valence electrons. The van der Waals surface area contributed by atoms with E-state index in [1.807, 2.05) is 12.1 Å². The third-order valence-electron chi connectivity index (χ3n) is 5.95. The fourth-order valence-corrected chi connectivity index (χ4v) is 5.88. The quantitative estimate of drug-likeness (QED) is 0.652. The smallest absolute Gasteiger partial charge is 0.156 e. The van der Waals surface area contributed by atoms with E-state index in [0.29, 0.717) is 26.7 Å². The zero-order valence-corrected chi connectivity index (χ0v) is 15.9. The minimum atomic E-state index is -0.233. The van der Waals surface area contributed by atoms with Gasteiger partial charge in [-0.15, -0.1) is 0 Å². The third kappa shape index (κ3) is 2.27. The molecule has 1 saturated carbocycles. The average molecular weight is 386 g/mol. The van der Waals surface area contributed by atoms with Gasteiger partial charge in [0.2, 0.25) is 0 Å². The van der Waals surface area contributed by atoms with Crippen molar-refractivity contribution in [1.29, 1.82) is 0 Å². The fourth-order valence-electron chi connectivity index (χ4n) is 4.81. The molecule has 2 nitrogen and oxygen atoms in total. The van der Waals surface area contributed by atoms with E-state index in [4.69, 9.17) is 39.5 Å². The van der Waals surface area contributed by atoms with Gasteiger partial charge in [-0.3, -0.25) is 0 Å². The first-order valence-corrected chi connectivity index (χ1v) is 9.34. The van der Waals surface area contributed by atoms with Gasteiger partial charge in [0.1, 0.15) is 0 Å². The monoisotopic (exact) mass is 384 g/mol. The van der Waals surface area contributed by atoms with Crippen LogP contribution < -0.4 is 4.74 Å². The Labute approximate surface area is 156 Å². The summed E-state index contributed by atoms with van der Waals surface area (Å²) in [4.78, 5) is 0. The van der Waals surface area contributed by atoms with Gasteiger partial charge in [-0.1, -0.05) is 41.7 Å². The molecule has 0 amide bonds. The van der Waals surface area contributed by atoms with Crippen molar-refractivity contribution in [2.75, 3.05) is 7.11 Å². The standard InChI is InChI=1S/C19H19Cl3O2/c1-19-4-3-10-11(13(19)5-9(23)8-19)6-14(20)16-12(10)7-15(21)18(24-2)17(16)22/h6-7,9,13,23H,3-5,8H2,1-2H3/t9-,13+,19-/m0/s1. The van der Waals surface area contributed by atoms with Gasteiger partial charge in [0, 0.05) is 5.39 Å². The second-order valence-electron chi connectivity index (χ2n) is 7.35. The van der Waals surface area contributed by atoms with Crippen LogP contribution in [0.3, 0.4) is 0 Å². The van der Waals surface area contributed by atoms with Crippen LogP contribution in [0.15, 0.2) is 12.1 Å². The molecule has 0 aliphatic heterocycles. The lowest BCUT2D eigenvalue weighted by atomic mass is 9.66. The number of aliphatic hydroxyl groups excluding tert-OH is 1. The van der Waals surface area contributed by atoms with Gasteiger partial charge in [0.15, 0.2) is 5.75 Å². The van der Waals surface area contributed by atoms with E-state index in [1.165, 1.54) is 11.1 Å². The predicted octanol–water partition coefficient (Wildman–Crippen LogP) is 6.00. The maximum atomic E-state index is 10.2. The fraction of sp³-hybridized carbons (Fsp3) is 0.474. The Balaban J connectivity index is 2.01. The summed E-state index contributed by atoms with van der Waals surface area (Å²) in [5.41, 5.74) is 2.65. The van der Waals surface area contributed by atoms with Crippen LogP contribution in [-0.4, -0.2) is 18.3 Å². The molecule has 0 unspecified atom stereocenters. The van der Waals surface area contributed by atoms with Crippen molar-refractivity contribution in [2.45, 2.75) is 44.6 Å². The second kappa shape index (κ2) is 5.67. The minimum absolute atomic E-state index is 0.142. The molecular formula is C19H19Cl3O2. The minimum Gasteiger partial charge on any atom is -0.494 e. The third-order valence-corrected chi connectivity index (χ3v) is 6.89. The van der Waals surface area contributed by atoms with Crippen LogP contribution in [0.2, 0.25) is 15.1 Å². The van der Waals surface area contributed by atoms with Crippen LogP contribution in [0.5, 0.6) is 5.75 Å². The first-order chi connectivity index (χ1) is 11.4. The molecule has 24 heavy (non-hydrogen) atoms. The van der Waals surface area contributed by atoms with Crippen LogP contribution >= 0.6 is 34.8 Å². The molecule has 2 aliphatic rings. The van der Waals surface area contributed by atoms with Crippen LogP contribution in [0.4, 0.5) is 0 Å². The number of aryl methyl sites for hydroxylation is 1. The van der Waals surface area contributed by atoms with Crippen LogP contribution in [0, 0.1) is 5.41 Å². The van der Waals surface area contributed by atoms with Crippen molar-refractivity contribution < 1.29 is 9.84 Å². The van der Waals surface area contributed by atoms with Gasteiger partial charge < -0.3 is 9.84 Å². The molecule has 5 heteroatoms. The van der Waals surface area contributed by atoms with E-state index in [1.54, 1.807) is 7.11 Å². The number of rotatable bonds is 1. The highest BCUT2D eigenvalue weighted by Crippen LogP contribution is 2.57. The van der Waals surface area contributed by atoms with Gasteiger partial charge in [0.05, 0.1) is 28.3 Å². The molecule has 0 spiro atoms. The summed E-state index contributed by atoms with van der Waals surface area (Å²) in [7, 11) is 1.55. The molecule has 1 N–H and O–H groups in total. The zero-order valence-electron chi connectivity index (χ0n) is 13.6. The van der Waals surface area contributed by atoms with Gasteiger partial charge in [0.25, 0.3) is 0 Å². The number of aliphatic hydroxyl groups is 1. The molecule has 2 aliphatic carbocycles. The van der Waals surface area contributed by atoms with E-state index >= 15 is 0 Å². The molecular weight excluding hydrogens is 367 g/mol. The number of hydrogen-bond donors (Lipinski definition) is 1. The topological polar surface area (TPSA) is 29.5 Å². The molecule has 0 aromatic heterocycles. The largest absolute Gasteiger partial charge is 0.494 e. The number of fused-ring (bicyclic) bond motifs is 5. The number of methoxy groups -OCH3 is 1. The molecule has 0 radical (unpaired) electrons. The number of hydrogen-bond acceptors (Lipinski definition) is 2. The van der Waals surface area contributed by atoms with E-state index < -0.39 is 0 Å². The van der Waals surface area contributed by atoms with E-state index in [2.05, 4.69) is 6.92 Å². The summed E-state index contributed by atoms with van der Waals surface area (Å²) in [5.74, 6) is 0.794. The molecule has 2 aromatic carbocycles. The first kappa shape index (κ1) is 16.8. The van der Waals surface area contributed by atoms with Gasteiger partial charge in [-0.2, -0.15) is 0 Å². The Morgan fingerprint density at radius 1 is 1.21 bits per heavy atom. The highest BCUT2D eigenvalue weighted by molar-refractivity contribution is 6.45. The summed E-state index contributed by atoms with van der Waals surface area (Å²) in [6.45, 7) is 2.28. The van der Waals surface area contributed by atoms with Crippen molar-refractivity contribution in [3.63, 3.8) is 0 Å². The summed E-state index contributed by atoms with van der Waals surface area (Å²) >= 11 is 19.5. The number of ether oxygens (including phenoxy) is 1. The molecule has 0 saturated heterocycles. The molecule has 0 bridgehead atoms. The van der Waals surface area contributed by atoms with Crippen molar-refractivity contribution in [3.05, 3.63) is 38.3 Å². The van der Waals surface area contributed by atoms with Gasteiger partial charge >= 0.3 is 0 Å². The SMILES string of the molecule is COc1c(Cl)cc2c3c(cc(Cl)c2c1Cl)[C@H]1C[C@H](O)C[C@]1(C)CC3. The Morgan fingerprint density at radius 3 is 2.67 bits per heavy atom. The van der Waals surface area contributed by atoms with E-state index in [0.717, 1.165) is 36.5 Å². The molecule has 2 aromatic rings. The number of halogens is 3. The van der Waals surface area contributed by atoms with Gasteiger partial charge in [-0.25, -0.2) is 0 Å². The van der Waals surface area contributed by atoms with Crippen molar-refractivity contribution in [2.24, 2.45) is 5.41 Å². The van der Waals surface area contributed by atoms with Crippen LogP contribution in [0.1, 0.15) is 43.2 Å². The lowest BCUT2D eigenvalue weighted by Gasteiger charge is -2.38. The normalized spacial score (nSPS) is 28.8. The molecule has 0 heterocycles. The molecule has 4 rings (SSSR count). The zero-order chi connectivity index (χ0) is 17.2. The van der Waals surface area contributed by atoms with Crippen LogP contribution in [-0.2, 0) is 6.42 Å². The van der Waals surface area contributed by atoms with E-state index in [9.17, 15) is 5.11 Å². The van der Waals surface area contributed by atoms with Crippen molar-refractivity contribution in [3.8, 4) is 5.75 Å². The lowest BCUT2D eigenvalue weighted by Crippen LogP contribution is -2.26. The number of benzene rings is 2. The maximum Gasteiger partial charge on any atom is 0.156 e. The second-order valence-corrected chi connectivity index (χ2v) is 8.55. The molecule has 3 atom stereocenters. The Bertz CT molecular complexity index is 849. The summed E-state index contributed by atoms with van der Waals surface area (Å²) in [5, 5.41) is 13.6. The van der Waals surface area contributed by atoms with E-state index in [-0.39, 0.29) is 11.5 Å². The Kier molecular flexibility index (Phi) is 3.96. The average Bonchev–Trinajstić information content (AvgIpc) is 2.82. The molecule has 1 fully saturated rings. The summed E-state index contributed by atoms with van der Waals surface area (Å²) in [6, 6.07) is 3.96. The Morgan fingerprint density at radius 2 is 1.96 bits per heavy atom. The van der Waals surface area contributed by atoms with Crippen molar-refractivity contribution in [1.82, 2.24) is 0 Å². The summed E-state index contributed by atoms with van der Waals surface area (Å²) in [6.07, 6.45) is 3.42. The van der Waals surface area contributed by atoms with Crippen LogP contribution in [0.25, 0.3) is 10.8 Å². The first-order valence-electron chi connectivity index (χ1n) is 8.20. The lowest BCUT2D eigenvalue weighted by molar-refractivity contribution is 0.159. The predicted molar refractivity (Wildman–Crippen MR) is 99.9 cm³/mol. The van der Waals surface area contributed by atoms with Gasteiger partial charge in [-0.05, 0) is 65.7 Å². The highest BCUT2D eigenvalue weighted by atomic mass is 35.5. The maximum absolute atomic E-state index is 10.2.